The summed E-state index contributed by atoms with van der Waals surface area (Å²) in [4.78, 5) is 72.4. The third kappa shape index (κ3) is 10.1. The number of likely N-dealkylation sites (N-methyl/N-ethyl adjacent to an activating group) is 2. The van der Waals surface area contributed by atoms with E-state index in [2.05, 4.69) is 50.6 Å². The highest BCUT2D eigenvalue weighted by Crippen LogP contribution is 2.48. The molecule has 5 amide bonds. The Balaban J connectivity index is 1.15. The second-order valence-corrected chi connectivity index (χ2v) is 20.5. The van der Waals surface area contributed by atoms with Gasteiger partial charge in [-0.15, -0.1) is 23.5 Å². The van der Waals surface area contributed by atoms with Gasteiger partial charge in [0.05, 0.1) is 28.9 Å². The fraction of sp³-hybridized carbons (Fsp3) is 0.614. The van der Waals surface area contributed by atoms with E-state index in [0.717, 1.165) is 35.4 Å². The van der Waals surface area contributed by atoms with E-state index in [1.807, 2.05) is 81.1 Å². The first kappa shape index (κ1) is 44.9. The number of para-hydroxylation sites is 2. The number of hydrogen-bond acceptors (Lipinski definition) is 10. The number of carbonyl (C=O) groups excluding carboxylic acids is 5. The van der Waals surface area contributed by atoms with Crippen LogP contribution in [0.25, 0.3) is 0 Å². The van der Waals surface area contributed by atoms with E-state index in [4.69, 9.17) is 0 Å². The third-order valence-corrected chi connectivity index (χ3v) is 15.2. The maximum atomic E-state index is 14.4. The summed E-state index contributed by atoms with van der Waals surface area (Å²) in [5, 5.41) is 18.6. The minimum absolute atomic E-state index is 0.0338. The Morgan fingerprint density at radius 2 is 1.20 bits per heavy atom. The van der Waals surface area contributed by atoms with Gasteiger partial charge in [0.2, 0.25) is 29.5 Å². The molecule has 2 unspecified atom stereocenters. The zero-order chi connectivity index (χ0) is 42.6. The van der Waals surface area contributed by atoms with Gasteiger partial charge in [-0.2, -0.15) is 0 Å². The topological polar surface area (TPSA) is 164 Å². The van der Waals surface area contributed by atoms with E-state index >= 15 is 0 Å². The number of hydrogen-bond donors (Lipinski definition) is 6. The third-order valence-electron chi connectivity index (χ3n) is 12.7. The van der Waals surface area contributed by atoms with E-state index in [-0.39, 0.29) is 63.8 Å². The smallest absolute Gasteiger partial charge is 0.247 e. The maximum absolute atomic E-state index is 14.4. The molecule has 0 aliphatic carbocycles. The number of benzene rings is 2. The van der Waals surface area contributed by atoms with Crippen molar-refractivity contribution in [1.29, 1.82) is 0 Å². The highest BCUT2D eigenvalue weighted by atomic mass is 32.2. The molecule has 2 aromatic rings. The van der Waals surface area contributed by atoms with Crippen LogP contribution >= 0.6 is 23.5 Å². The van der Waals surface area contributed by atoms with Gasteiger partial charge in [-0.05, 0) is 112 Å². The molecule has 13 nitrogen and oxygen atoms in total. The zero-order valence-electron chi connectivity index (χ0n) is 35.9. The highest BCUT2D eigenvalue weighted by Gasteiger charge is 2.55. The van der Waals surface area contributed by atoms with Crippen LogP contribution in [-0.4, -0.2) is 118 Å². The average molecular weight is 849 g/mol. The molecular weight excluding hydrogens is 785 g/mol. The van der Waals surface area contributed by atoms with Gasteiger partial charge < -0.3 is 36.8 Å². The first-order valence-corrected chi connectivity index (χ1v) is 23.2. The van der Waals surface area contributed by atoms with Crippen molar-refractivity contribution in [2.24, 2.45) is 10.8 Å². The van der Waals surface area contributed by atoms with Gasteiger partial charge in [0.25, 0.3) is 0 Å². The second-order valence-electron chi connectivity index (χ2n) is 17.9. The number of thioether (sulfide) groups is 2. The molecule has 4 saturated heterocycles. The normalized spacial score (nSPS) is 27.3. The number of nitrogens with one attached hydrogen (secondary N) is 6. The Labute approximate surface area is 358 Å². The molecule has 6 N–H and O–H groups in total. The predicted octanol–water partition coefficient (Wildman–Crippen LogP) is 4.19. The molecule has 4 heterocycles. The lowest BCUT2D eigenvalue weighted by Crippen LogP contribution is -2.57. The summed E-state index contributed by atoms with van der Waals surface area (Å²) in [6.45, 7) is 12.6. The van der Waals surface area contributed by atoms with Gasteiger partial charge in [-0.3, -0.25) is 28.9 Å². The minimum atomic E-state index is -0.721. The quantitative estimate of drug-likeness (QED) is 0.173. The molecular formula is C44H64N8O5S2. The van der Waals surface area contributed by atoms with Crippen LogP contribution in [-0.2, 0) is 36.8 Å². The number of nitrogens with zero attached hydrogens (tertiary/aromatic N) is 2. The van der Waals surface area contributed by atoms with Crippen molar-refractivity contribution in [2.45, 2.75) is 127 Å². The molecule has 0 radical (unpaired) electrons. The summed E-state index contributed by atoms with van der Waals surface area (Å²) >= 11 is 3.55. The molecule has 4 fully saturated rings. The van der Waals surface area contributed by atoms with Crippen molar-refractivity contribution >= 4 is 64.4 Å². The molecule has 6 rings (SSSR count). The first-order valence-electron chi connectivity index (χ1n) is 21.1. The van der Waals surface area contributed by atoms with Gasteiger partial charge in [0, 0.05) is 24.0 Å². The van der Waals surface area contributed by atoms with Crippen molar-refractivity contribution in [3.63, 3.8) is 0 Å². The molecule has 4 aliphatic rings. The number of fused-ring (bicyclic) bond motifs is 2. The van der Waals surface area contributed by atoms with Crippen LogP contribution < -0.4 is 31.9 Å². The fourth-order valence-corrected chi connectivity index (χ4v) is 12.3. The van der Waals surface area contributed by atoms with Crippen LogP contribution in [0.15, 0.2) is 48.5 Å². The summed E-state index contributed by atoms with van der Waals surface area (Å²) in [6.07, 6.45) is 4.12. The molecule has 15 heteroatoms. The molecule has 0 bridgehead atoms. The van der Waals surface area contributed by atoms with Crippen molar-refractivity contribution in [3.8, 4) is 0 Å². The summed E-state index contributed by atoms with van der Waals surface area (Å²) < 4.78 is 0. The highest BCUT2D eigenvalue weighted by molar-refractivity contribution is 8.00. The van der Waals surface area contributed by atoms with E-state index in [1.54, 1.807) is 37.7 Å². The Bertz CT molecular complexity index is 1880. The number of rotatable bonds is 13. The van der Waals surface area contributed by atoms with Gasteiger partial charge in [0.15, 0.2) is 0 Å². The van der Waals surface area contributed by atoms with Gasteiger partial charge in [-0.25, -0.2) is 0 Å². The summed E-state index contributed by atoms with van der Waals surface area (Å²) in [6, 6.07) is 13.1. The lowest BCUT2D eigenvalue weighted by Gasteiger charge is -2.34. The number of anilines is 2. The molecule has 0 saturated carbocycles. The molecule has 4 aliphatic heterocycles. The van der Waals surface area contributed by atoms with E-state index in [9.17, 15) is 24.0 Å². The monoisotopic (exact) mass is 848 g/mol. The summed E-state index contributed by atoms with van der Waals surface area (Å²) in [7, 11) is 3.48. The van der Waals surface area contributed by atoms with Crippen LogP contribution in [0.1, 0.15) is 78.4 Å². The van der Waals surface area contributed by atoms with Crippen LogP contribution in [0.4, 0.5) is 11.4 Å². The Morgan fingerprint density at radius 1 is 0.712 bits per heavy atom. The van der Waals surface area contributed by atoms with Crippen molar-refractivity contribution in [2.75, 3.05) is 42.8 Å². The predicted molar refractivity (Wildman–Crippen MR) is 238 cm³/mol. The van der Waals surface area contributed by atoms with Crippen molar-refractivity contribution < 1.29 is 24.0 Å². The summed E-state index contributed by atoms with van der Waals surface area (Å²) in [5.41, 5.74) is 2.60. The minimum Gasteiger partial charge on any atom is -0.351 e. The first-order chi connectivity index (χ1) is 28.0. The maximum Gasteiger partial charge on any atom is 0.247 e. The SMILES string of the molecule is CN[C@@H](C)C(=O)N[C@H]1CCSC2CC(C)(C)[C@@H](C(=O)Nc3ccccc3CCc3ccccc3NC(=O)[C@H]3N4C(=O)[C@@H](NC(=O)[C@H](C)NC)CCSC4CC3(C)C)N2C1. The number of carbonyl (C=O) groups is 5. The number of aryl methyl sites for hydroxylation is 2. The van der Waals surface area contributed by atoms with Gasteiger partial charge >= 0.3 is 0 Å². The molecule has 2 aromatic carbocycles. The Kier molecular flexibility index (Phi) is 14.4. The van der Waals surface area contributed by atoms with Crippen LogP contribution in [0.5, 0.6) is 0 Å². The average Bonchev–Trinajstić information content (AvgIpc) is 3.46. The standard InChI is InChI=1S/C44H64N8O5S2/c1-26(45-7)38(53)47-30-19-21-58-34-23-43(3,4)36(51(34)25-30)40(55)48-31-15-11-9-13-28(31)17-18-29-14-10-12-16-32(29)49-41(56)37-44(5,6)24-35-52(37)42(57)33(20-22-59-35)50-39(54)27(2)46-8/h9-16,26-27,30,33-37,45-46H,17-25H2,1-8H3,(H,47,53)(H,48,55)(H,49,56)(H,50,54)/t26-,27-,30-,33-,34?,35?,36+,37+/m0/s1. The van der Waals surface area contributed by atoms with E-state index in [1.165, 1.54) is 0 Å². The molecule has 0 aromatic heterocycles. The van der Waals surface area contributed by atoms with E-state index in [0.29, 0.717) is 43.7 Å². The zero-order valence-corrected chi connectivity index (χ0v) is 37.5. The largest absolute Gasteiger partial charge is 0.351 e. The summed E-state index contributed by atoms with van der Waals surface area (Å²) in [5.74, 6) is 0.829. The van der Waals surface area contributed by atoms with E-state index < -0.39 is 23.5 Å². The van der Waals surface area contributed by atoms with Crippen molar-refractivity contribution in [3.05, 3.63) is 59.7 Å². The molecule has 8 atom stereocenters. The fourth-order valence-electron chi connectivity index (χ4n) is 9.12. The van der Waals surface area contributed by atoms with Crippen LogP contribution in [0.2, 0.25) is 0 Å². The molecule has 0 spiro atoms. The van der Waals surface area contributed by atoms with Crippen LogP contribution in [0, 0.1) is 10.8 Å². The lowest BCUT2D eigenvalue weighted by molar-refractivity contribution is -0.142. The van der Waals surface area contributed by atoms with Crippen LogP contribution in [0.3, 0.4) is 0 Å². The van der Waals surface area contributed by atoms with Gasteiger partial charge in [-0.1, -0.05) is 64.1 Å². The van der Waals surface area contributed by atoms with Crippen molar-refractivity contribution in [1.82, 2.24) is 31.1 Å². The Morgan fingerprint density at radius 3 is 1.80 bits per heavy atom. The van der Waals surface area contributed by atoms with Gasteiger partial charge in [0.1, 0.15) is 12.1 Å². The lowest BCUT2D eigenvalue weighted by atomic mass is 9.84. The number of amides is 5. The molecule has 322 valence electrons. The second kappa shape index (κ2) is 19.0. The molecule has 59 heavy (non-hydrogen) atoms. The Hall–Kier alpha value is -3.63.